The number of nitrogens with one attached hydrogen (secondary N) is 1. The predicted molar refractivity (Wildman–Crippen MR) is 121 cm³/mol. The number of thiophene rings is 1. The van der Waals surface area contributed by atoms with Gasteiger partial charge in [-0.05, 0) is 50.8 Å². The number of pyridine rings is 1. The molecule has 1 N–H and O–H groups in total. The molecule has 0 saturated carbocycles. The molecule has 3 heterocycles. The normalized spacial score (nSPS) is 12.4. The molecule has 7 heteroatoms. The van der Waals surface area contributed by atoms with Crippen LogP contribution < -0.4 is 10.9 Å². The van der Waals surface area contributed by atoms with Crippen LogP contribution in [0.4, 0.5) is 0 Å². The first-order valence-electron chi connectivity index (χ1n) is 10.0. The van der Waals surface area contributed by atoms with Crippen molar-refractivity contribution in [2.45, 2.75) is 46.2 Å². The second-order valence-corrected chi connectivity index (χ2v) is 8.71. The van der Waals surface area contributed by atoms with E-state index in [2.05, 4.69) is 27.4 Å². The number of benzene rings is 1. The summed E-state index contributed by atoms with van der Waals surface area (Å²) in [6.45, 7) is 5.87. The first kappa shape index (κ1) is 20.2. The SMILES string of the molecule is Cc1cc(C)c2c(n1)sc1c(=O)n(CC(=O)NC(C)CCc3ccccc3)cnc12. The van der Waals surface area contributed by atoms with Crippen molar-refractivity contribution in [2.75, 3.05) is 0 Å². The maximum absolute atomic E-state index is 13.0. The van der Waals surface area contributed by atoms with Gasteiger partial charge < -0.3 is 5.32 Å². The third-order valence-electron chi connectivity index (χ3n) is 5.17. The Morgan fingerprint density at radius 2 is 2.00 bits per heavy atom. The lowest BCUT2D eigenvalue weighted by Crippen LogP contribution is -2.37. The van der Waals surface area contributed by atoms with E-state index in [9.17, 15) is 9.59 Å². The summed E-state index contributed by atoms with van der Waals surface area (Å²) in [6.07, 6.45) is 3.19. The van der Waals surface area contributed by atoms with E-state index in [0.29, 0.717) is 10.2 Å². The van der Waals surface area contributed by atoms with Gasteiger partial charge in [0.25, 0.3) is 5.56 Å². The molecule has 0 spiro atoms. The molecule has 0 fully saturated rings. The fourth-order valence-electron chi connectivity index (χ4n) is 3.69. The van der Waals surface area contributed by atoms with Crippen molar-refractivity contribution < 1.29 is 4.79 Å². The van der Waals surface area contributed by atoms with E-state index in [4.69, 9.17) is 0 Å². The molecular formula is C23H24N4O2S. The molecule has 4 rings (SSSR count). The second-order valence-electron chi connectivity index (χ2n) is 7.71. The summed E-state index contributed by atoms with van der Waals surface area (Å²) in [7, 11) is 0. The molecule has 30 heavy (non-hydrogen) atoms. The molecule has 1 amide bonds. The van der Waals surface area contributed by atoms with Gasteiger partial charge in [-0.3, -0.25) is 14.2 Å². The Morgan fingerprint density at radius 1 is 1.23 bits per heavy atom. The van der Waals surface area contributed by atoms with Crippen LogP contribution >= 0.6 is 11.3 Å². The standard InChI is InChI=1S/C23H24N4O2S/c1-14-11-16(3)26-22-19(14)20-21(30-22)23(29)27(13-24-20)12-18(28)25-15(2)9-10-17-7-5-4-6-8-17/h4-8,11,13,15H,9-10,12H2,1-3H3,(H,25,28). The van der Waals surface area contributed by atoms with Crippen LogP contribution in [-0.4, -0.2) is 26.5 Å². The fourth-order valence-corrected chi connectivity index (χ4v) is 4.89. The number of amides is 1. The smallest absolute Gasteiger partial charge is 0.271 e. The predicted octanol–water partition coefficient (Wildman–Crippen LogP) is 3.76. The molecule has 4 aromatic rings. The van der Waals surface area contributed by atoms with Gasteiger partial charge in [-0.1, -0.05) is 30.3 Å². The number of aryl methyl sites for hydroxylation is 3. The van der Waals surface area contributed by atoms with Gasteiger partial charge >= 0.3 is 0 Å². The van der Waals surface area contributed by atoms with Crippen molar-refractivity contribution in [3.63, 3.8) is 0 Å². The molecule has 0 aliphatic heterocycles. The second kappa shape index (κ2) is 8.36. The Balaban J connectivity index is 1.48. The molecule has 0 radical (unpaired) electrons. The third kappa shape index (κ3) is 4.11. The highest BCUT2D eigenvalue weighted by molar-refractivity contribution is 7.25. The number of carbonyl (C=O) groups is 1. The molecule has 3 aromatic heterocycles. The Bertz CT molecular complexity index is 1280. The molecule has 154 valence electrons. The first-order chi connectivity index (χ1) is 14.4. The Morgan fingerprint density at radius 3 is 2.77 bits per heavy atom. The Kier molecular flexibility index (Phi) is 5.63. The highest BCUT2D eigenvalue weighted by Crippen LogP contribution is 2.31. The van der Waals surface area contributed by atoms with E-state index < -0.39 is 0 Å². The van der Waals surface area contributed by atoms with Gasteiger partial charge in [0.15, 0.2) is 0 Å². The molecule has 1 aromatic carbocycles. The van der Waals surface area contributed by atoms with Crippen LogP contribution in [0.2, 0.25) is 0 Å². The number of nitrogens with zero attached hydrogens (tertiary/aromatic N) is 3. The van der Waals surface area contributed by atoms with Gasteiger partial charge in [0.1, 0.15) is 16.1 Å². The van der Waals surface area contributed by atoms with E-state index in [1.165, 1.54) is 27.8 Å². The number of fused-ring (bicyclic) bond motifs is 3. The zero-order valence-electron chi connectivity index (χ0n) is 17.3. The molecule has 1 atom stereocenters. The molecule has 0 aliphatic rings. The lowest BCUT2D eigenvalue weighted by Gasteiger charge is -2.14. The molecule has 1 unspecified atom stereocenters. The minimum absolute atomic E-state index is 0.0178. The largest absolute Gasteiger partial charge is 0.352 e. The van der Waals surface area contributed by atoms with Crippen LogP contribution in [0, 0.1) is 13.8 Å². The number of carbonyl (C=O) groups excluding carboxylic acids is 1. The van der Waals surface area contributed by atoms with Gasteiger partial charge in [-0.25, -0.2) is 9.97 Å². The van der Waals surface area contributed by atoms with E-state index in [0.717, 1.165) is 34.3 Å². The van der Waals surface area contributed by atoms with E-state index in [1.54, 1.807) is 0 Å². The summed E-state index contributed by atoms with van der Waals surface area (Å²) in [5.74, 6) is -0.190. The average molecular weight is 421 g/mol. The van der Waals surface area contributed by atoms with E-state index in [1.807, 2.05) is 45.0 Å². The topological polar surface area (TPSA) is 76.9 Å². The molecular weight excluding hydrogens is 396 g/mol. The highest BCUT2D eigenvalue weighted by atomic mass is 32.1. The maximum atomic E-state index is 13.0. The van der Waals surface area contributed by atoms with Crippen molar-refractivity contribution in [1.82, 2.24) is 19.9 Å². The highest BCUT2D eigenvalue weighted by Gasteiger charge is 2.16. The fraction of sp³-hybridized carbons (Fsp3) is 0.304. The van der Waals surface area contributed by atoms with Crippen molar-refractivity contribution >= 4 is 37.7 Å². The van der Waals surface area contributed by atoms with Crippen LogP contribution in [0.25, 0.3) is 20.4 Å². The van der Waals surface area contributed by atoms with Crippen LogP contribution in [0.3, 0.4) is 0 Å². The summed E-state index contributed by atoms with van der Waals surface area (Å²) < 4.78 is 1.91. The minimum atomic E-state index is -0.202. The van der Waals surface area contributed by atoms with Gasteiger partial charge in [-0.2, -0.15) is 0 Å². The lowest BCUT2D eigenvalue weighted by molar-refractivity contribution is -0.122. The van der Waals surface area contributed by atoms with Gasteiger partial charge in [-0.15, -0.1) is 11.3 Å². The summed E-state index contributed by atoms with van der Waals surface area (Å²) in [4.78, 5) is 35.3. The van der Waals surface area contributed by atoms with E-state index >= 15 is 0 Å². The monoisotopic (exact) mass is 420 g/mol. The van der Waals surface area contributed by atoms with Crippen LogP contribution in [-0.2, 0) is 17.8 Å². The lowest BCUT2D eigenvalue weighted by atomic mass is 10.1. The number of rotatable bonds is 6. The number of hydrogen-bond acceptors (Lipinski definition) is 5. The Labute approximate surface area is 178 Å². The van der Waals surface area contributed by atoms with Gasteiger partial charge in [0.2, 0.25) is 5.91 Å². The molecule has 0 saturated heterocycles. The quantitative estimate of drug-likeness (QED) is 0.515. The summed E-state index contributed by atoms with van der Waals surface area (Å²) in [6, 6.07) is 12.2. The summed E-state index contributed by atoms with van der Waals surface area (Å²) in [5, 5.41) is 3.90. The molecule has 0 aliphatic carbocycles. The number of hydrogen-bond donors (Lipinski definition) is 1. The molecule has 6 nitrogen and oxygen atoms in total. The maximum Gasteiger partial charge on any atom is 0.271 e. The molecule has 0 bridgehead atoms. The minimum Gasteiger partial charge on any atom is -0.352 e. The van der Waals surface area contributed by atoms with Crippen molar-refractivity contribution in [2.24, 2.45) is 0 Å². The third-order valence-corrected chi connectivity index (χ3v) is 6.23. The van der Waals surface area contributed by atoms with Crippen LogP contribution in [0.15, 0.2) is 47.5 Å². The van der Waals surface area contributed by atoms with Crippen LogP contribution in [0.5, 0.6) is 0 Å². The summed E-state index contributed by atoms with van der Waals surface area (Å²) >= 11 is 1.34. The van der Waals surface area contributed by atoms with Gasteiger partial charge in [0, 0.05) is 17.1 Å². The summed E-state index contributed by atoms with van der Waals surface area (Å²) in [5.41, 5.74) is 3.67. The van der Waals surface area contributed by atoms with Gasteiger partial charge in [0.05, 0.1) is 11.8 Å². The Hall–Kier alpha value is -3.06. The van der Waals surface area contributed by atoms with Crippen molar-refractivity contribution in [1.29, 1.82) is 0 Å². The first-order valence-corrected chi connectivity index (χ1v) is 10.8. The average Bonchev–Trinajstić information content (AvgIpc) is 3.08. The van der Waals surface area contributed by atoms with Crippen LogP contribution in [0.1, 0.15) is 30.2 Å². The number of aromatic nitrogens is 3. The van der Waals surface area contributed by atoms with E-state index in [-0.39, 0.29) is 24.1 Å². The van der Waals surface area contributed by atoms with Crippen molar-refractivity contribution in [3.05, 3.63) is 69.9 Å². The van der Waals surface area contributed by atoms with Crippen molar-refractivity contribution in [3.8, 4) is 0 Å². The zero-order chi connectivity index (χ0) is 21.3. The zero-order valence-corrected chi connectivity index (χ0v) is 18.1.